The van der Waals surface area contributed by atoms with Crippen LogP contribution < -0.4 is 0 Å². The Bertz CT molecular complexity index is 748. The number of unbranched alkanes of at least 4 members (excludes halogenated alkanes) is 5. The molecule has 0 spiro atoms. The number of hydrogen-bond donors (Lipinski definition) is 0. The van der Waals surface area contributed by atoms with Gasteiger partial charge in [-0.25, -0.2) is 0 Å². The standard InChI is InChI=1S/C27H37F2N/c1-2-3-4-5-6-7-8-21-9-11-22(12-10-21)13-14-23-15-17-24(18-16-23)25-19-20-26(28)30-27(25)29/h15-22H,2-14H2,1H3/t21-,22-. The molecule has 0 N–H and O–H groups in total. The second-order valence-corrected chi connectivity index (χ2v) is 9.15. The normalized spacial score (nSPS) is 19.2. The van der Waals surface area contributed by atoms with Gasteiger partial charge in [-0.3, -0.25) is 0 Å². The average molecular weight is 414 g/mol. The van der Waals surface area contributed by atoms with Gasteiger partial charge >= 0.3 is 0 Å². The quantitative estimate of drug-likeness (QED) is 0.266. The number of aryl methyl sites for hydroxylation is 1. The van der Waals surface area contributed by atoms with Crippen molar-refractivity contribution in [2.45, 2.75) is 90.4 Å². The van der Waals surface area contributed by atoms with Gasteiger partial charge in [-0.2, -0.15) is 13.8 Å². The van der Waals surface area contributed by atoms with Gasteiger partial charge in [-0.05, 0) is 47.9 Å². The number of aromatic nitrogens is 1. The number of hydrogen-bond acceptors (Lipinski definition) is 1. The first-order chi connectivity index (χ1) is 14.7. The van der Waals surface area contributed by atoms with Crippen molar-refractivity contribution in [3.05, 3.63) is 53.9 Å². The Morgan fingerprint density at radius 1 is 0.767 bits per heavy atom. The number of rotatable bonds is 11. The molecule has 0 amide bonds. The zero-order valence-corrected chi connectivity index (χ0v) is 18.5. The first kappa shape index (κ1) is 22.9. The fraction of sp³-hybridized carbons (Fsp3) is 0.593. The fourth-order valence-electron chi connectivity index (χ4n) is 4.87. The van der Waals surface area contributed by atoms with Crippen molar-refractivity contribution in [3.8, 4) is 11.1 Å². The predicted molar refractivity (Wildman–Crippen MR) is 121 cm³/mol. The minimum atomic E-state index is -0.783. The second kappa shape index (κ2) is 12.2. The molecule has 1 nitrogen and oxygen atoms in total. The van der Waals surface area contributed by atoms with Crippen molar-refractivity contribution in [1.29, 1.82) is 0 Å². The van der Waals surface area contributed by atoms with E-state index < -0.39 is 11.9 Å². The van der Waals surface area contributed by atoms with Crippen LogP contribution in [0.1, 0.15) is 89.5 Å². The van der Waals surface area contributed by atoms with Gasteiger partial charge in [0.25, 0.3) is 0 Å². The minimum Gasteiger partial charge on any atom is -0.190 e. The molecule has 0 aliphatic heterocycles. The summed E-state index contributed by atoms with van der Waals surface area (Å²) in [6.45, 7) is 2.28. The summed E-state index contributed by atoms with van der Waals surface area (Å²) >= 11 is 0. The summed E-state index contributed by atoms with van der Waals surface area (Å²) in [7, 11) is 0. The molecule has 1 aliphatic carbocycles. The topological polar surface area (TPSA) is 12.9 Å². The van der Waals surface area contributed by atoms with Crippen LogP contribution in [0.5, 0.6) is 0 Å². The molecule has 30 heavy (non-hydrogen) atoms. The van der Waals surface area contributed by atoms with Crippen molar-refractivity contribution in [2.75, 3.05) is 0 Å². The smallest absolute Gasteiger partial charge is 0.190 e. The van der Waals surface area contributed by atoms with Gasteiger partial charge in [-0.1, -0.05) is 102 Å². The first-order valence-corrected chi connectivity index (χ1v) is 12.1. The van der Waals surface area contributed by atoms with Gasteiger partial charge in [0.05, 0.1) is 0 Å². The van der Waals surface area contributed by atoms with Gasteiger partial charge in [-0.15, -0.1) is 0 Å². The molecule has 1 heterocycles. The predicted octanol–water partition coefficient (Wildman–Crippen LogP) is 8.52. The molecule has 1 saturated carbocycles. The van der Waals surface area contributed by atoms with Gasteiger partial charge in [0.2, 0.25) is 11.9 Å². The SMILES string of the molecule is CCCCCCCC[C@H]1CC[C@H](CCc2ccc(-c3ccc(F)nc3F)cc2)CC1. The highest BCUT2D eigenvalue weighted by Crippen LogP contribution is 2.34. The van der Waals surface area contributed by atoms with E-state index in [1.54, 1.807) is 0 Å². The Balaban J connectivity index is 1.35. The van der Waals surface area contributed by atoms with Gasteiger partial charge < -0.3 is 0 Å². The van der Waals surface area contributed by atoms with Gasteiger partial charge in [0.15, 0.2) is 0 Å². The number of benzene rings is 1. The van der Waals surface area contributed by atoms with Crippen molar-refractivity contribution in [1.82, 2.24) is 4.98 Å². The molecule has 3 heteroatoms. The molecule has 1 aromatic carbocycles. The van der Waals surface area contributed by atoms with Crippen molar-refractivity contribution in [3.63, 3.8) is 0 Å². The third kappa shape index (κ3) is 7.18. The average Bonchev–Trinajstić information content (AvgIpc) is 2.76. The van der Waals surface area contributed by atoms with Crippen molar-refractivity contribution >= 4 is 0 Å². The van der Waals surface area contributed by atoms with Crippen LogP contribution in [0, 0.1) is 23.7 Å². The van der Waals surface area contributed by atoms with Gasteiger partial charge in [0.1, 0.15) is 0 Å². The number of halogens is 2. The van der Waals surface area contributed by atoms with Crippen LogP contribution in [-0.2, 0) is 6.42 Å². The molecule has 0 bridgehead atoms. The van der Waals surface area contributed by atoms with E-state index >= 15 is 0 Å². The third-order valence-electron chi connectivity index (χ3n) is 6.85. The Hall–Kier alpha value is -1.77. The highest BCUT2D eigenvalue weighted by molar-refractivity contribution is 5.63. The molecule has 2 aromatic rings. The van der Waals surface area contributed by atoms with Crippen LogP contribution in [-0.4, -0.2) is 4.98 Å². The number of pyridine rings is 1. The lowest BCUT2D eigenvalue weighted by Crippen LogP contribution is -2.15. The molecule has 1 aliphatic rings. The summed E-state index contributed by atoms with van der Waals surface area (Å²) < 4.78 is 26.9. The summed E-state index contributed by atoms with van der Waals surface area (Å²) in [5.74, 6) is 0.283. The third-order valence-corrected chi connectivity index (χ3v) is 6.85. The summed E-state index contributed by atoms with van der Waals surface area (Å²) in [5.41, 5.74) is 2.40. The molecule has 3 rings (SSSR count). The molecule has 1 aromatic heterocycles. The molecule has 0 saturated heterocycles. The van der Waals surface area contributed by atoms with Crippen LogP contribution >= 0.6 is 0 Å². The maximum absolute atomic E-state index is 13.9. The largest absolute Gasteiger partial charge is 0.223 e. The van der Waals surface area contributed by atoms with E-state index in [-0.39, 0.29) is 0 Å². The van der Waals surface area contributed by atoms with Crippen molar-refractivity contribution < 1.29 is 8.78 Å². The Morgan fingerprint density at radius 3 is 2.07 bits per heavy atom. The molecule has 0 atom stereocenters. The van der Waals surface area contributed by atoms with E-state index in [4.69, 9.17) is 0 Å². The van der Waals surface area contributed by atoms with E-state index in [0.29, 0.717) is 5.56 Å². The zero-order valence-electron chi connectivity index (χ0n) is 18.5. The summed E-state index contributed by atoms with van der Waals surface area (Å²) in [5, 5.41) is 0. The van der Waals surface area contributed by atoms with E-state index in [9.17, 15) is 8.78 Å². The lowest BCUT2D eigenvalue weighted by Gasteiger charge is -2.28. The van der Waals surface area contributed by atoms with Crippen LogP contribution in [0.25, 0.3) is 11.1 Å². The monoisotopic (exact) mass is 413 g/mol. The Labute approximate surface area is 181 Å². The summed E-state index contributed by atoms with van der Waals surface area (Å²) in [6.07, 6.45) is 17.8. The Kier molecular flexibility index (Phi) is 9.29. The summed E-state index contributed by atoms with van der Waals surface area (Å²) in [6, 6.07) is 10.6. The fourth-order valence-corrected chi connectivity index (χ4v) is 4.87. The lowest BCUT2D eigenvalue weighted by molar-refractivity contribution is 0.248. The highest BCUT2D eigenvalue weighted by Gasteiger charge is 2.20. The van der Waals surface area contributed by atoms with Crippen LogP contribution in [0.3, 0.4) is 0 Å². The molecular weight excluding hydrogens is 376 g/mol. The molecular formula is C27H37F2N. The van der Waals surface area contributed by atoms with Crippen LogP contribution in [0.4, 0.5) is 8.78 Å². The van der Waals surface area contributed by atoms with E-state index in [1.807, 2.05) is 12.1 Å². The maximum Gasteiger partial charge on any atom is 0.223 e. The minimum absolute atomic E-state index is 0.353. The first-order valence-electron chi connectivity index (χ1n) is 12.1. The molecule has 0 radical (unpaired) electrons. The number of nitrogens with zero attached hydrogens (tertiary/aromatic N) is 1. The molecule has 164 valence electrons. The second-order valence-electron chi connectivity index (χ2n) is 9.15. The maximum atomic E-state index is 13.9. The van der Waals surface area contributed by atoms with Crippen LogP contribution in [0.2, 0.25) is 0 Å². The van der Waals surface area contributed by atoms with Gasteiger partial charge in [0, 0.05) is 5.56 Å². The summed E-state index contributed by atoms with van der Waals surface area (Å²) in [4.78, 5) is 3.28. The molecule has 1 fully saturated rings. The van der Waals surface area contributed by atoms with Crippen LogP contribution in [0.15, 0.2) is 36.4 Å². The highest BCUT2D eigenvalue weighted by atomic mass is 19.1. The van der Waals surface area contributed by atoms with E-state index in [0.717, 1.165) is 23.8 Å². The Morgan fingerprint density at radius 2 is 1.40 bits per heavy atom. The van der Waals surface area contributed by atoms with E-state index in [1.165, 1.54) is 94.7 Å². The van der Waals surface area contributed by atoms with Crippen molar-refractivity contribution in [2.24, 2.45) is 11.8 Å². The van der Waals surface area contributed by atoms with E-state index in [2.05, 4.69) is 24.0 Å². The molecule has 0 unspecified atom stereocenters. The zero-order chi connectivity index (χ0) is 21.2. The lowest BCUT2D eigenvalue weighted by atomic mass is 9.77.